The number of rotatable bonds is 2. The maximum Gasteiger partial charge on any atom is 0.119 e. The van der Waals surface area contributed by atoms with Gasteiger partial charge in [-0.1, -0.05) is 17.7 Å². The van der Waals surface area contributed by atoms with E-state index in [1.54, 1.807) is 7.11 Å². The van der Waals surface area contributed by atoms with Crippen LogP contribution in [0, 0.1) is 6.92 Å². The molecule has 13 heavy (non-hydrogen) atoms. The van der Waals surface area contributed by atoms with Crippen LogP contribution in [-0.2, 0) is 0 Å². The van der Waals surface area contributed by atoms with Gasteiger partial charge in [0.05, 0.1) is 7.11 Å². The van der Waals surface area contributed by atoms with Crippen LogP contribution >= 0.6 is 0 Å². The zero-order valence-electron chi connectivity index (χ0n) is 8.72. The maximum atomic E-state index is 5.13. The highest BCUT2D eigenvalue weighted by molar-refractivity contribution is 5.57. The van der Waals surface area contributed by atoms with Crippen LogP contribution in [0.5, 0.6) is 5.75 Å². The van der Waals surface area contributed by atoms with Crippen molar-refractivity contribution in [3.63, 3.8) is 0 Å². The first-order valence-electron chi connectivity index (χ1n) is 4.43. The Morgan fingerprint density at radius 2 is 2.00 bits per heavy atom. The molecule has 0 amide bonds. The summed E-state index contributed by atoms with van der Waals surface area (Å²) in [6.07, 6.45) is 2.18. The number of methoxy groups -OCH3 is 1. The van der Waals surface area contributed by atoms with E-state index < -0.39 is 0 Å². The van der Waals surface area contributed by atoms with Gasteiger partial charge in [0.25, 0.3) is 0 Å². The molecule has 0 bridgehead atoms. The average Bonchev–Trinajstić information content (AvgIpc) is 2.08. The molecule has 0 aliphatic rings. The van der Waals surface area contributed by atoms with Gasteiger partial charge in [-0.2, -0.15) is 0 Å². The molecular formula is C12H16O. The van der Waals surface area contributed by atoms with Crippen LogP contribution in [0.2, 0.25) is 0 Å². The van der Waals surface area contributed by atoms with Crippen molar-refractivity contribution in [3.05, 3.63) is 34.9 Å². The van der Waals surface area contributed by atoms with Gasteiger partial charge < -0.3 is 4.74 Å². The Labute approximate surface area is 80.0 Å². The second-order valence-electron chi connectivity index (χ2n) is 3.44. The highest BCUT2D eigenvalue weighted by Gasteiger charge is 1.96. The van der Waals surface area contributed by atoms with Crippen LogP contribution in [0.1, 0.15) is 25.0 Å². The number of hydrogen-bond donors (Lipinski definition) is 0. The summed E-state index contributed by atoms with van der Waals surface area (Å²) < 4.78 is 5.13. The van der Waals surface area contributed by atoms with E-state index in [0.29, 0.717) is 0 Å². The maximum absolute atomic E-state index is 5.13. The van der Waals surface area contributed by atoms with Crippen LogP contribution in [0.25, 0.3) is 6.08 Å². The smallest absolute Gasteiger partial charge is 0.119 e. The van der Waals surface area contributed by atoms with Gasteiger partial charge >= 0.3 is 0 Å². The molecule has 1 aromatic carbocycles. The van der Waals surface area contributed by atoms with Gasteiger partial charge in [0, 0.05) is 0 Å². The van der Waals surface area contributed by atoms with E-state index in [1.807, 2.05) is 6.07 Å². The van der Waals surface area contributed by atoms with E-state index in [9.17, 15) is 0 Å². The molecular weight excluding hydrogens is 160 g/mol. The molecule has 0 aliphatic carbocycles. The van der Waals surface area contributed by atoms with Gasteiger partial charge in [0.15, 0.2) is 0 Å². The van der Waals surface area contributed by atoms with E-state index in [0.717, 1.165) is 5.75 Å². The van der Waals surface area contributed by atoms with Crippen molar-refractivity contribution >= 4 is 6.08 Å². The van der Waals surface area contributed by atoms with Gasteiger partial charge in [-0.05, 0) is 44.0 Å². The molecule has 0 atom stereocenters. The summed E-state index contributed by atoms with van der Waals surface area (Å²) in [5, 5.41) is 0. The summed E-state index contributed by atoms with van der Waals surface area (Å²) in [4.78, 5) is 0. The summed E-state index contributed by atoms with van der Waals surface area (Å²) in [6.45, 7) is 6.30. The first kappa shape index (κ1) is 9.85. The molecule has 0 unspecified atom stereocenters. The van der Waals surface area contributed by atoms with E-state index in [2.05, 4.69) is 39.0 Å². The number of allylic oxidation sites excluding steroid dienone is 1. The second-order valence-corrected chi connectivity index (χ2v) is 3.44. The van der Waals surface area contributed by atoms with E-state index in [1.165, 1.54) is 16.7 Å². The highest BCUT2D eigenvalue weighted by atomic mass is 16.5. The van der Waals surface area contributed by atoms with Crippen LogP contribution in [-0.4, -0.2) is 7.11 Å². The largest absolute Gasteiger partial charge is 0.497 e. The number of hydrogen-bond acceptors (Lipinski definition) is 1. The molecule has 0 N–H and O–H groups in total. The Kier molecular flexibility index (Phi) is 3.13. The molecule has 70 valence electrons. The molecule has 0 aromatic heterocycles. The lowest BCUT2D eigenvalue weighted by molar-refractivity contribution is 0.414. The van der Waals surface area contributed by atoms with Crippen LogP contribution in [0.3, 0.4) is 0 Å². The molecule has 0 radical (unpaired) electrons. The fourth-order valence-corrected chi connectivity index (χ4v) is 1.25. The van der Waals surface area contributed by atoms with Crippen molar-refractivity contribution in [3.8, 4) is 5.75 Å². The summed E-state index contributed by atoms with van der Waals surface area (Å²) in [7, 11) is 1.69. The molecule has 1 nitrogen and oxygen atoms in total. The first-order chi connectivity index (χ1) is 6.13. The lowest BCUT2D eigenvalue weighted by atomic mass is 10.1. The SMILES string of the molecule is COc1ccc(C=C(C)C)c(C)c1. The van der Waals surface area contributed by atoms with Gasteiger partial charge in [0.2, 0.25) is 0 Å². The van der Waals surface area contributed by atoms with Crippen molar-refractivity contribution in [1.29, 1.82) is 0 Å². The van der Waals surface area contributed by atoms with Crippen LogP contribution in [0.4, 0.5) is 0 Å². The first-order valence-corrected chi connectivity index (χ1v) is 4.43. The second kappa shape index (κ2) is 4.13. The topological polar surface area (TPSA) is 9.23 Å². The van der Waals surface area contributed by atoms with Crippen LogP contribution in [0.15, 0.2) is 23.8 Å². The molecule has 1 rings (SSSR count). The Bertz CT molecular complexity index is 320. The average molecular weight is 176 g/mol. The zero-order valence-corrected chi connectivity index (χ0v) is 8.72. The number of benzene rings is 1. The lowest BCUT2D eigenvalue weighted by Gasteiger charge is -2.04. The summed E-state index contributed by atoms with van der Waals surface area (Å²) in [6, 6.07) is 6.12. The van der Waals surface area contributed by atoms with Crippen molar-refractivity contribution < 1.29 is 4.74 Å². The van der Waals surface area contributed by atoms with Crippen molar-refractivity contribution in [2.24, 2.45) is 0 Å². The van der Waals surface area contributed by atoms with Crippen molar-refractivity contribution in [2.75, 3.05) is 7.11 Å². The molecule has 0 spiro atoms. The van der Waals surface area contributed by atoms with Crippen molar-refractivity contribution in [1.82, 2.24) is 0 Å². The summed E-state index contributed by atoms with van der Waals surface area (Å²) in [5.74, 6) is 0.920. The quantitative estimate of drug-likeness (QED) is 0.670. The Morgan fingerprint density at radius 3 is 2.46 bits per heavy atom. The van der Waals surface area contributed by atoms with E-state index in [-0.39, 0.29) is 0 Å². The van der Waals surface area contributed by atoms with E-state index >= 15 is 0 Å². The van der Waals surface area contributed by atoms with E-state index in [4.69, 9.17) is 4.74 Å². The van der Waals surface area contributed by atoms with Gasteiger partial charge in [-0.25, -0.2) is 0 Å². The standard InChI is InChI=1S/C12H16O/c1-9(2)7-11-5-6-12(13-4)8-10(11)3/h5-8H,1-4H3. The number of aryl methyl sites for hydroxylation is 1. The third-order valence-electron chi connectivity index (χ3n) is 1.92. The molecule has 1 heteroatoms. The Balaban J connectivity index is 3.05. The molecule has 0 aliphatic heterocycles. The summed E-state index contributed by atoms with van der Waals surface area (Å²) in [5.41, 5.74) is 3.83. The minimum Gasteiger partial charge on any atom is -0.497 e. The van der Waals surface area contributed by atoms with Gasteiger partial charge in [-0.15, -0.1) is 0 Å². The van der Waals surface area contributed by atoms with Gasteiger partial charge in [-0.3, -0.25) is 0 Å². The fourth-order valence-electron chi connectivity index (χ4n) is 1.25. The molecule has 0 fully saturated rings. The Morgan fingerprint density at radius 1 is 1.31 bits per heavy atom. The minimum atomic E-state index is 0.920. The highest BCUT2D eigenvalue weighted by Crippen LogP contribution is 2.18. The van der Waals surface area contributed by atoms with Gasteiger partial charge in [0.1, 0.15) is 5.75 Å². The summed E-state index contributed by atoms with van der Waals surface area (Å²) >= 11 is 0. The fraction of sp³-hybridized carbons (Fsp3) is 0.333. The lowest BCUT2D eigenvalue weighted by Crippen LogP contribution is -1.86. The predicted octanol–water partition coefficient (Wildman–Crippen LogP) is 3.43. The predicted molar refractivity (Wildman–Crippen MR) is 57.1 cm³/mol. The normalized spacial score (nSPS) is 9.54. The Hall–Kier alpha value is -1.24. The molecule has 0 saturated carbocycles. The third kappa shape index (κ3) is 2.62. The van der Waals surface area contributed by atoms with Crippen LogP contribution < -0.4 is 4.74 Å². The zero-order chi connectivity index (χ0) is 9.84. The monoisotopic (exact) mass is 176 g/mol. The molecule has 1 aromatic rings. The number of ether oxygens (including phenoxy) is 1. The molecule has 0 heterocycles. The third-order valence-corrected chi connectivity index (χ3v) is 1.92. The minimum absolute atomic E-state index is 0.920. The van der Waals surface area contributed by atoms with Crippen molar-refractivity contribution in [2.45, 2.75) is 20.8 Å². The molecule has 0 saturated heterocycles.